The highest BCUT2D eigenvalue weighted by Crippen LogP contribution is 2.55. The van der Waals surface area contributed by atoms with E-state index in [1.807, 2.05) is 30.3 Å². The zero-order valence-corrected chi connectivity index (χ0v) is 17.0. The van der Waals surface area contributed by atoms with Gasteiger partial charge in [0.15, 0.2) is 6.79 Å². The highest BCUT2D eigenvalue weighted by atomic mass is 31.2. The van der Waals surface area contributed by atoms with Crippen LogP contribution in [0.4, 0.5) is 0 Å². The number of amides is 1. The molecule has 0 radical (unpaired) electrons. The Morgan fingerprint density at radius 2 is 1.96 bits per heavy atom. The first-order chi connectivity index (χ1) is 12.6. The largest absolute Gasteiger partial charge is 0.438 e. The summed E-state index contributed by atoms with van der Waals surface area (Å²) in [5.74, 6) is -1.07. The number of rotatable bonds is 7. The molecular weight excluding hydrogens is 369 g/mol. The van der Waals surface area contributed by atoms with Gasteiger partial charge in [-0.1, -0.05) is 30.3 Å². The molecule has 1 saturated heterocycles. The Labute approximate surface area is 160 Å². The summed E-state index contributed by atoms with van der Waals surface area (Å²) < 4.78 is 24.2. The van der Waals surface area contributed by atoms with Crippen LogP contribution in [0.1, 0.15) is 39.2 Å². The van der Waals surface area contributed by atoms with Gasteiger partial charge in [0.05, 0.1) is 5.41 Å². The lowest BCUT2D eigenvalue weighted by molar-refractivity contribution is -0.169. The van der Waals surface area contributed by atoms with Crippen molar-refractivity contribution in [2.75, 3.05) is 19.5 Å². The van der Waals surface area contributed by atoms with E-state index in [1.165, 1.54) is 0 Å². The van der Waals surface area contributed by atoms with Crippen LogP contribution in [-0.4, -0.2) is 47.3 Å². The lowest BCUT2D eigenvalue weighted by atomic mass is 9.98. The van der Waals surface area contributed by atoms with Crippen molar-refractivity contribution in [1.82, 2.24) is 5.06 Å². The summed E-state index contributed by atoms with van der Waals surface area (Å²) in [6.45, 7) is 4.86. The average molecular weight is 397 g/mol. The second-order valence-electron chi connectivity index (χ2n) is 7.73. The Morgan fingerprint density at radius 3 is 2.59 bits per heavy atom. The number of hydrogen-bond acceptors (Lipinski definition) is 6. The quantitative estimate of drug-likeness (QED) is 0.328. The molecule has 8 heteroatoms. The van der Waals surface area contributed by atoms with Crippen LogP contribution < -0.4 is 0 Å². The third-order valence-electron chi connectivity index (χ3n) is 4.49. The Balaban J connectivity index is 2.10. The number of carbonyl (C=O) groups excluding carboxylic acids is 2. The van der Waals surface area contributed by atoms with Crippen LogP contribution in [0.25, 0.3) is 0 Å². The Bertz CT molecular complexity index is 700. The fourth-order valence-corrected chi connectivity index (χ4v) is 5.30. The van der Waals surface area contributed by atoms with Crippen molar-refractivity contribution in [3.63, 3.8) is 0 Å². The standard InChI is InChI=1S/C19H28NO6P/c1-19(2,3)18(22)25-14-26-27(24,13-11-15-8-5-4-6-9-15)16-10-7-12-20(23)17(16)21/h4-6,8-9,16,23H,7,10-14H2,1-3H3. The summed E-state index contributed by atoms with van der Waals surface area (Å²) in [4.78, 5) is 24.3. The maximum atomic E-state index is 13.6. The smallest absolute Gasteiger partial charge is 0.313 e. The number of piperidine rings is 1. The first kappa shape index (κ1) is 21.6. The molecule has 2 unspecified atom stereocenters. The third kappa shape index (κ3) is 5.89. The average Bonchev–Trinajstić information content (AvgIpc) is 2.62. The first-order valence-corrected chi connectivity index (χ1v) is 11.0. The Morgan fingerprint density at radius 1 is 1.30 bits per heavy atom. The molecule has 1 heterocycles. The number of esters is 1. The highest BCUT2D eigenvalue weighted by molar-refractivity contribution is 7.60. The summed E-state index contributed by atoms with van der Waals surface area (Å²) in [5.41, 5.74) is -0.662. The van der Waals surface area contributed by atoms with E-state index >= 15 is 0 Å². The first-order valence-electron chi connectivity index (χ1n) is 9.08. The molecule has 7 nitrogen and oxygen atoms in total. The van der Waals surface area contributed by atoms with Gasteiger partial charge in [-0.15, -0.1) is 0 Å². The third-order valence-corrected chi connectivity index (χ3v) is 7.31. The normalized spacial score (nSPS) is 20.2. The molecular formula is C19H28NO6P. The zero-order chi connectivity index (χ0) is 20.1. The monoisotopic (exact) mass is 397 g/mol. The molecule has 0 spiro atoms. The lowest BCUT2D eigenvalue weighted by Crippen LogP contribution is -2.42. The van der Waals surface area contributed by atoms with Crippen molar-refractivity contribution in [2.24, 2.45) is 5.41 Å². The van der Waals surface area contributed by atoms with Gasteiger partial charge in [0.1, 0.15) is 5.66 Å². The lowest BCUT2D eigenvalue weighted by Gasteiger charge is -2.32. The summed E-state index contributed by atoms with van der Waals surface area (Å²) in [6, 6.07) is 9.47. The predicted molar refractivity (Wildman–Crippen MR) is 101 cm³/mol. The maximum absolute atomic E-state index is 13.6. The Hall–Kier alpha value is -1.69. The van der Waals surface area contributed by atoms with Crippen molar-refractivity contribution in [1.29, 1.82) is 0 Å². The van der Waals surface area contributed by atoms with Crippen molar-refractivity contribution >= 4 is 19.2 Å². The fourth-order valence-electron chi connectivity index (χ4n) is 2.83. The molecule has 1 aliphatic heterocycles. The minimum atomic E-state index is -3.49. The van der Waals surface area contributed by atoms with E-state index in [0.29, 0.717) is 24.3 Å². The summed E-state index contributed by atoms with van der Waals surface area (Å²) in [7, 11) is -3.49. The van der Waals surface area contributed by atoms with Gasteiger partial charge < -0.3 is 4.74 Å². The molecule has 2 atom stereocenters. The molecule has 0 saturated carbocycles. The van der Waals surface area contributed by atoms with Crippen LogP contribution >= 0.6 is 7.37 Å². The predicted octanol–water partition coefficient (Wildman–Crippen LogP) is 3.45. The van der Waals surface area contributed by atoms with Crippen LogP contribution in [0.5, 0.6) is 0 Å². The summed E-state index contributed by atoms with van der Waals surface area (Å²) in [6.07, 6.45) is 1.50. The van der Waals surface area contributed by atoms with Crippen LogP contribution in [0.2, 0.25) is 0 Å². The molecule has 27 heavy (non-hydrogen) atoms. The van der Waals surface area contributed by atoms with E-state index in [1.54, 1.807) is 20.8 Å². The van der Waals surface area contributed by atoms with Crippen LogP contribution in [-0.2, 0) is 29.8 Å². The van der Waals surface area contributed by atoms with Gasteiger partial charge in [0.2, 0.25) is 7.37 Å². The number of hydrogen-bond donors (Lipinski definition) is 1. The number of nitrogens with zero attached hydrogens (tertiary/aromatic N) is 1. The zero-order valence-electron chi connectivity index (χ0n) is 16.1. The molecule has 1 amide bonds. The van der Waals surface area contributed by atoms with Gasteiger partial charge >= 0.3 is 5.97 Å². The van der Waals surface area contributed by atoms with Crippen molar-refractivity contribution < 1.29 is 28.6 Å². The van der Waals surface area contributed by atoms with Crippen LogP contribution in [0.3, 0.4) is 0 Å². The molecule has 0 aromatic heterocycles. The number of carbonyl (C=O) groups is 2. The van der Waals surface area contributed by atoms with Crippen molar-refractivity contribution in [3.8, 4) is 0 Å². The number of ether oxygens (including phenoxy) is 1. The summed E-state index contributed by atoms with van der Waals surface area (Å²) in [5, 5.41) is 10.3. The molecule has 1 aromatic carbocycles. The molecule has 2 rings (SSSR count). The van der Waals surface area contributed by atoms with Gasteiger partial charge in [0.25, 0.3) is 5.91 Å². The fraction of sp³-hybridized carbons (Fsp3) is 0.579. The second-order valence-corrected chi connectivity index (χ2v) is 10.5. The van der Waals surface area contributed by atoms with Gasteiger partial charge in [-0.2, -0.15) is 0 Å². The molecule has 150 valence electrons. The molecule has 1 N–H and O–H groups in total. The van der Waals surface area contributed by atoms with Crippen molar-refractivity contribution in [3.05, 3.63) is 35.9 Å². The summed E-state index contributed by atoms with van der Waals surface area (Å²) >= 11 is 0. The van der Waals surface area contributed by atoms with E-state index in [-0.39, 0.29) is 12.7 Å². The van der Waals surface area contributed by atoms with Gasteiger partial charge in [-0.3, -0.25) is 23.9 Å². The molecule has 1 aliphatic rings. The molecule has 1 fully saturated rings. The van der Waals surface area contributed by atoms with E-state index < -0.39 is 37.1 Å². The van der Waals surface area contributed by atoms with E-state index in [9.17, 15) is 19.4 Å². The van der Waals surface area contributed by atoms with E-state index in [2.05, 4.69) is 0 Å². The minimum Gasteiger partial charge on any atom is -0.438 e. The van der Waals surface area contributed by atoms with Gasteiger partial charge in [-0.05, 0) is 45.6 Å². The molecule has 0 bridgehead atoms. The number of benzene rings is 1. The van der Waals surface area contributed by atoms with Crippen LogP contribution in [0.15, 0.2) is 30.3 Å². The SMILES string of the molecule is CC(C)(C)C(=O)OCOP(=O)(CCc1ccccc1)C1CCCN(O)C1=O. The number of aryl methyl sites for hydroxylation is 1. The van der Waals surface area contributed by atoms with E-state index in [4.69, 9.17) is 9.26 Å². The minimum absolute atomic E-state index is 0.133. The van der Waals surface area contributed by atoms with Gasteiger partial charge in [0, 0.05) is 12.7 Å². The van der Waals surface area contributed by atoms with Gasteiger partial charge in [-0.25, -0.2) is 5.06 Å². The maximum Gasteiger partial charge on any atom is 0.313 e. The number of hydroxylamine groups is 2. The van der Waals surface area contributed by atoms with E-state index in [0.717, 1.165) is 5.56 Å². The second kappa shape index (κ2) is 9.00. The Kier molecular flexibility index (Phi) is 7.20. The topological polar surface area (TPSA) is 93.1 Å². The highest BCUT2D eigenvalue weighted by Gasteiger charge is 2.43. The molecule has 0 aliphatic carbocycles. The molecule has 1 aromatic rings. The van der Waals surface area contributed by atoms with Crippen molar-refractivity contribution in [2.45, 2.75) is 45.7 Å². The van der Waals surface area contributed by atoms with Crippen LogP contribution in [0, 0.1) is 5.41 Å².